The van der Waals surface area contributed by atoms with Crippen LogP contribution >= 0.6 is 23.2 Å². The van der Waals surface area contributed by atoms with Crippen LogP contribution in [0.1, 0.15) is 17.3 Å². The number of hydrogen-bond donors (Lipinski definition) is 2. The third kappa shape index (κ3) is 3.19. The van der Waals surface area contributed by atoms with Crippen LogP contribution in [0.5, 0.6) is 0 Å². The number of rotatable bonds is 3. The van der Waals surface area contributed by atoms with E-state index < -0.39 is 0 Å². The van der Waals surface area contributed by atoms with Crippen molar-refractivity contribution in [3.63, 3.8) is 0 Å². The minimum absolute atomic E-state index is 0.0802. The Morgan fingerprint density at radius 3 is 2.53 bits per heavy atom. The molecule has 0 fully saturated rings. The fourth-order valence-corrected chi connectivity index (χ4v) is 2.14. The van der Waals surface area contributed by atoms with Gasteiger partial charge in [-0.2, -0.15) is 0 Å². The van der Waals surface area contributed by atoms with E-state index in [4.69, 9.17) is 28.9 Å². The van der Waals surface area contributed by atoms with Crippen LogP contribution in [0.4, 0.5) is 17.1 Å². The molecule has 2 aromatic carbocycles. The SMILES string of the molecule is CC(=O)c1cc(Nc2ccc(Cl)cc2Cl)ccc1N. The second-order valence-electron chi connectivity index (χ2n) is 4.11. The first-order valence-corrected chi connectivity index (χ1v) is 6.35. The number of nitrogens with two attached hydrogens (primary N) is 1. The number of carbonyl (C=O) groups is 1. The van der Waals surface area contributed by atoms with Gasteiger partial charge < -0.3 is 11.1 Å². The molecule has 98 valence electrons. The molecule has 3 nitrogen and oxygen atoms in total. The molecule has 0 aliphatic rings. The summed E-state index contributed by atoms with van der Waals surface area (Å²) in [6.07, 6.45) is 0. The molecular formula is C14H12Cl2N2O. The molecule has 3 N–H and O–H groups in total. The Hall–Kier alpha value is -1.71. The summed E-state index contributed by atoms with van der Waals surface area (Å²) in [5.41, 5.74) is 8.13. The lowest BCUT2D eigenvalue weighted by Gasteiger charge is -2.10. The van der Waals surface area contributed by atoms with Gasteiger partial charge in [0.15, 0.2) is 5.78 Å². The van der Waals surface area contributed by atoms with E-state index >= 15 is 0 Å². The number of Topliss-reactive ketones (excluding diaryl/α,β-unsaturated/α-hetero) is 1. The zero-order chi connectivity index (χ0) is 14.0. The summed E-state index contributed by atoms with van der Waals surface area (Å²) in [4.78, 5) is 11.4. The smallest absolute Gasteiger partial charge is 0.161 e. The number of ketones is 1. The van der Waals surface area contributed by atoms with Crippen molar-refractivity contribution in [2.24, 2.45) is 0 Å². The maximum Gasteiger partial charge on any atom is 0.161 e. The molecule has 0 aliphatic carbocycles. The standard InChI is InChI=1S/C14H12Cl2N2O/c1-8(19)11-7-10(3-4-13(11)17)18-14-5-2-9(15)6-12(14)16/h2-7,18H,17H2,1H3. The fourth-order valence-electron chi connectivity index (χ4n) is 1.69. The predicted molar refractivity (Wildman–Crippen MR) is 80.6 cm³/mol. The Kier molecular flexibility index (Phi) is 3.98. The van der Waals surface area contributed by atoms with E-state index in [-0.39, 0.29) is 5.78 Å². The van der Waals surface area contributed by atoms with Gasteiger partial charge in [-0.3, -0.25) is 4.79 Å². The summed E-state index contributed by atoms with van der Waals surface area (Å²) in [6, 6.07) is 10.3. The van der Waals surface area contributed by atoms with Crippen LogP contribution in [0, 0.1) is 0 Å². The van der Waals surface area contributed by atoms with Crippen molar-refractivity contribution < 1.29 is 4.79 Å². The molecule has 0 atom stereocenters. The van der Waals surface area contributed by atoms with Gasteiger partial charge in [0, 0.05) is 22.0 Å². The van der Waals surface area contributed by atoms with E-state index in [1.54, 1.807) is 36.4 Å². The largest absolute Gasteiger partial charge is 0.398 e. The molecule has 2 rings (SSSR count). The highest BCUT2D eigenvalue weighted by molar-refractivity contribution is 6.36. The predicted octanol–water partition coefficient (Wildman–Crippen LogP) is 4.52. The first-order valence-electron chi connectivity index (χ1n) is 5.60. The van der Waals surface area contributed by atoms with Gasteiger partial charge in [0.05, 0.1) is 10.7 Å². The Morgan fingerprint density at radius 2 is 1.89 bits per heavy atom. The highest BCUT2D eigenvalue weighted by Gasteiger charge is 2.07. The number of nitrogens with one attached hydrogen (secondary N) is 1. The van der Waals surface area contributed by atoms with Crippen LogP contribution in [0.3, 0.4) is 0 Å². The molecule has 0 aliphatic heterocycles. The van der Waals surface area contributed by atoms with Gasteiger partial charge in [-0.05, 0) is 43.3 Å². The van der Waals surface area contributed by atoms with Crippen molar-refractivity contribution in [3.05, 3.63) is 52.0 Å². The zero-order valence-corrected chi connectivity index (χ0v) is 11.7. The van der Waals surface area contributed by atoms with Crippen LogP contribution in [0.2, 0.25) is 10.0 Å². The summed E-state index contributed by atoms with van der Waals surface area (Å²) in [7, 11) is 0. The average Bonchev–Trinajstić information content (AvgIpc) is 2.34. The Balaban J connectivity index is 2.33. The van der Waals surface area contributed by atoms with Gasteiger partial charge in [0.2, 0.25) is 0 Å². The summed E-state index contributed by atoms with van der Waals surface area (Å²) in [5, 5.41) is 4.20. The van der Waals surface area contributed by atoms with Gasteiger partial charge in [0.25, 0.3) is 0 Å². The van der Waals surface area contributed by atoms with Crippen molar-refractivity contribution in [2.45, 2.75) is 6.92 Å². The molecule has 0 saturated carbocycles. The molecule has 0 amide bonds. The summed E-state index contributed by atoms with van der Waals surface area (Å²) in [6.45, 7) is 1.48. The molecule has 19 heavy (non-hydrogen) atoms. The topological polar surface area (TPSA) is 55.1 Å². The van der Waals surface area contributed by atoms with E-state index in [0.29, 0.717) is 27.0 Å². The van der Waals surface area contributed by atoms with Crippen molar-refractivity contribution in [1.82, 2.24) is 0 Å². The van der Waals surface area contributed by atoms with Gasteiger partial charge in [-0.25, -0.2) is 0 Å². The fraction of sp³-hybridized carbons (Fsp3) is 0.0714. The first kappa shape index (κ1) is 13.7. The quantitative estimate of drug-likeness (QED) is 0.646. The van der Waals surface area contributed by atoms with Gasteiger partial charge in [-0.15, -0.1) is 0 Å². The molecule has 0 bridgehead atoms. The molecule has 0 radical (unpaired) electrons. The van der Waals surface area contributed by atoms with E-state index in [2.05, 4.69) is 5.32 Å². The Bertz CT molecular complexity index is 641. The molecule has 2 aromatic rings. The highest BCUT2D eigenvalue weighted by Crippen LogP contribution is 2.29. The summed E-state index contributed by atoms with van der Waals surface area (Å²) >= 11 is 11.9. The number of nitrogen functional groups attached to an aromatic ring is 1. The lowest BCUT2D eigenvalue weighted by atomic mass is 10.1. The molecule has 0 spiro atoms. The van der Waals surface area contributed by atoms with Crippen LogP contribution in [-0.2, 0) is 0 Å². The Morgan fingerprint density at radius 1 is 1.16 bits per heavy atom. The number of halogens is 2. The van der Waals surface area contributed by atoms with Crippen molar-refractivity contribution in [2.75, 3.05) is 11.1 Å². The van der Waals surface area contributed by atoms with Crippen LogP contribution in [-0.4, -0.2) is 5.78 Å². The monoisotopic (exact) mass is 294 g/mol. The summed E-state index contributed by atoms with van der Waals surface area (Å²) < 4.78 is 0. The van der Waals surface area contributed by atoms with Crippen LogP contribution in [0.15, 0.2) is 36.4 Å². The molecular weight excluding hydrogens is 283 g/mol. The average molecular weight is 295 g/mol. The number of benzene rings is 2. The Labute approximate surface area is 121 Å². The summed E-state index contributed by atoms with van der Waals surface area (Å²) in [5.74, 6) is -0.0802. The number of hydrogen-bond acceptors (Lipinski definition) is 3. The molecule has 0 heterocycles. The second kappa shape index (κ2) is 5.51. The zero-order valence-electron chi connectivity index (χ0n) is 10.2. The molecule has 5 heteroatoms. The van der Waals surface area contributed by atoms with Gasteiger partial charge >= 0.3 is 0 Å². The van der Waals surface area contributed by atoms with Crippen molar-refractivity contribution in [1.29, 1.82) is 0 Å². The molecule has 0 unspecified atom stereocenters. The second-order valence-corrected chi connectivity index (χ2v) is 4.95. The van der Waals surface area contributed by atoms with Crippen molar-refractivity contribution in [3.8, 4) is 0 Å². The van der Waals surface area contributed by atoms with E-state index in [1.807, 2.05) is 0 Å². The van der Waals surface area contributed by atoms with E-state index in [1.165, 1.54) is 6.92 Å². The third-order valence-corrected chi connectivity index (χ3v) is 3.19. The molecule has 0 aromatic heterocycles. The van der Waals surface area contributed by atoms with Crippen LogP contribution < -0.4 is 11.1 Å². The minimum Gasteiger partial charge on any atom is -0.398 e. The maximum absolute atomic E-state index is 11.4. The van der Waals surface area contributed by atoms with Crippen molar-refractivity contribution >= 4 is 46.0 Å². The third-order valence-electron chi connectivity index (χ3n) is 2.64. The number of anilines is 3. The van der Waals surface area contributed by atoms with E-state index in [9.17, 15) is 4.79 Å². The maximum atomic E-state index is 11.4. The lowest BCUT2D eigenvalue weighted by Crippen LogP contribution is -2.01. The normalized spacial score (nSPS) is 10.3. The van der Waals surface area contributed by atoms with Gasteiger partial charge in [-0.1, -0.05) is 23.2 Å². The highest BCUT2D eigenvalue weighted by atomic mass is 35.5. The van der Waals surface area contributed by atoms with Crippen LogP contribution in [0.25, 0.3) is 0 Å². The van der Waals surface area contributed by atoms with Gasteiger partial charge in [0.1, 0.15) is 0 Å². The van der Waals surface area contributed by atoms with E-state index in [0.717, 1.165) is 5.69 Å². The lowest BCUT2D eigenvalue weighted by molar-refractivity contribution is 0.101. The molecule has 0 saturated heterocycles. The first-order chi connectivity index (χ1) is 8.97. The number of carbonyl (C=O) groups excluding carboxylic acids is 1. The minimum atomic E-state index is -0.0802.